The van der Waals surface area contributed by atoms with Crippen molar-refractivity contribution in [2.24, 2.45) is 0 Å². The quantitative estimate of drug-likeness (QED) is 0.572. The van der Waals surface area contributed by atoms with Crippen LogP contribution in [0.2, 0.25) is 0 Å². The van der Waals surface area contributed by atoms with E-state index in [1.165, 1.54) is 6.42 Å². The number of fused-ring (bicyclic) bond motifs is 1. The molecule has 6 nitrogen and oxygen atoms in total. The van der Waals surface area contributed by atoms with Gasteiger partial charge >= 0.3 is 0 Å². The molecule has 0 radical (unpaired) electrons. The maximum absolute atomic E-state index is 13.6. The Morgan fingerprint density at radius 3 is 2.59 bits per heavy atom. The van der Waals surface area contributed by atoms with E-state index in [0.29, 0.717) is 25.8 Å². The summed E-state index contributed by atoms with van der Waals surface area (Å²) in [7, 11) is 0. The van der Waals surface area contributed by atoms with Crippen molar-refractivity contribution in [3.63, 3.8) is 0 Å². The molecule has 0 bridgehead atoms. The Labute approximate surface area is 202 Å². The van der Waals surface area contributed by atoms with Gasteiger partial charge in [-0.2, -0.15) is 0 Å². The van der Waals surface area contributed by atoms with Crippen molar-refractivity contribution < 1.29 is 19.1 Å². The molecule has 1 fully saturated rings. The first-order valence-electron chi connectivity index (χ1n) is 12.6. The summed E-state index contributed by atoms with van der Waals surface area (Å²) in [5.74, 6) is 1.42. The first-order valence-corrected chi connectivity index (χ1v) is 12.6. The summed E-state index contributed by atoms with van der Waals surface area (Å²) in [5.41, 5.74) is 3.22. The first kappa shape index (κ1) is 24.1. The van der Waals surface area contributed by atoms with Crippen LogP contribution in [0.4, 0.5) is 0 Å². The van der Waals surface area contributed by atoms with Crippen molar-refractivity contribution in [2.75, 3.05) is 6.79 Å². The van der Waals surface area contributed by atoms with Crippen LogP contribution < -0.4 is 14.8 Å². The Bertz CT molecular complexity index is 1000. The molecule has 2 aromatic carbocycles. The van der Waals surface area contributed by atoms with E-state index in [4.69, 9.17) is 9.47 Å². The van der Waals surface area contributed by atoms with Gasteiger partial charge in [-0.05, 0) is 61.4 Å². The number of benzene rings is 2. The summed E-state index contributed by atoms with van der Waals surface area (Å²) >= 11 is 0. The fourth-order valence-electron chi connectivity index (χ4n) is 4.93. The van der Waals surface area contributed by atoms with Crippen molar-refractivity contribution in [1.29, 1.82) is 0 Å². The number of carbonyl (C=O) groups excluding carboxylic acids is 2. The fraction of sp³-hybridized carbons (Fsp3) is 0.500. The zero-order chi connectivity index (χ0) is 23.9. The third-order valence-corrected chi connectivity index (χ3v) is 7.00. The van der Waals surface area contributed by atoms with Gasteiger partial charge in [0.05, 0.1) is 0 Å². The fourth-order valence-corrected chi connectivity index (χ4v) is 4.93. The summed E-state index contributed by atoms with van der Waals surface area (Å²) in [6, 6.07) is 13.6. The van der Waals surface area contributed by atoms with Gasteiger partial charge in [0.15, 0.2) is 11.5 Å². The highest BCUT2D eigenvalue weighted by atomic mass is 16.7. The van der Waals surface area contributed by atoms with Crippen LogP contribution in [-0.2, 0) is 22.6 Å². The van der Waals surface area contributed by atoms with E-state index in [2.05, 4.69) is 5.32 Å². The van der Waals surface area contributed by atoms with Gasteiger partial charge in [0.1, 0.15) is 6.04 Å². The van der Waals surface area contributed by atoms with Crippen LogP contribution in [0.5, 0.6) is 11.5 Å². The smallest absolute Gasteiger partial charge is 0.243 e. The summed E-state index contributed by atoms with van der Waals surface area (Å²) in [5, 5.41) is 3.24. The molecule has 1 unspecified atom stereocenters. The Balaban J connectivity index is 1.49. The second-order valence-corrected chi connectivity index (χ2v) is 9.40. The number of carbonyl (C=O) groups is 2. The topological polar surface area (TPSA) is 67.9 Å². The lowest BCUT2D eigenvalue weighted by molar-refractivity contribution is -0.141. The SMILES string of the molecule is CCC(C(=O)NC1CCCCC1)N(Cc1ccccc1C)C(=O)CCc1ccc2c(c1)OCO2. The van der Waals surface area contributed by atoms with Crippen molar-refractivity contribution in [3.8, 4) is 11.5 Å². The summed E-state index contributed by atoms with van der Waals surface area (Å²) in [6.45, 7) is 4.70. The van der Waals surface area contributed by atoms with Gasteiger partial charge in [0.25, 0.3) is 0 Å². The zero-order valence-corrected chi connectivity index (χ0v) is 20.3. The van der Waals surface area contributed by atoms with E-state index in [9.17, 15) is 9.59 Å². The maximum Gasteiger partial charge on any atom is 0.243 e. The van der Waals surface area contributed by atoms with Crippen LogP contribution in [0.15, 0.2) is 42.5 Å². The molecule has 6 heteroatoms. The van der Waals surface area contributed by atoms with Gasteiger partial charge in [-0.25, -0.2) is 0 Å². The van der Waals surface area contributed by atoms with Crippen LogP contribution in [0.3, 0.4) is 0 Å². The number of nitrogens with zero attached hydrogens (tertiary/aromatic N) is 1. The lowest BCUT2D eigenvalue weighted by Crippen LogP contribution is -2.51. The normalized spacial score (nSPS) is 16.2. The number of hydrogen-bond acceptors (Lipinski definition) is 4. The first-order chi connectivity index (χ1) is 16.5. The van der Waals surface area contributed by atoms with Gasteiger partial charge in [0, 0.05) is 19.0 Å². The number of hydrogen-bond donors (Lipinski definition) is 1. The Hall–Kier alpha value is -3.02. The van der Waals surface area contributed by atoms with Crippen molar-refractivity contribution in [3.05, 3.63) is 59.2 Å². The highest BCUT2D eigenvalue weighted by molar-refractivity contribution is 5.88. The van der Waals surface area contributed by atoms with Gasteiger partial charge < -0.3 is 19.7 Å². The molecule has 2 aliphatic rings. The van der Waals surface area contributed by atoms with E-state index in [1.807, 2.05) is 56.3 Å². The third-order valence-electron chi connectivity index (χ3n) is 7.00. The van der Waals surface area contributed by atoms with Gasteiger partial charge in [0.2, 0.25) is 18.6 Å². The van der Waals surface area contributed by atoms with Crippen LogP contribution in [0, 0.1) is 6.92 Å². The maximum atomic E-state index is 13.6. The van der Waals surface area contributed by atoms with Crippen LogP contribution in [0.1, 0.15) is 68.6 Å². The number of nitrogens with one attached hydrogen (secondary N) is 1. The molecule has 2 aromatic rings. The predicted octanol–water partition coefficient (Wildman–Crippen LogP) is 4.91. The summed E-state index contributed by atoms with van der Waals surface area (Å²) < 4.78 is 10.9. The molecule has 0 aromatic heterocycles. The molecule has 0 saturated heterocycles. The second kappa shape index (κ2) is 11.4. The minimum atomic E-state index is -0.481. The standard InChI is InChI=1S/C28H36N2O4/c1-3-24(28(32)29-23-11-5-4-6-12-23)30(18-22-10-8-7-9-20(22)2)27(31)16-14-21-13-15-25-26(17-21)34-19-33-25/h7-10,13,15,17,23-24H,3-6,11-12,14,16,18-19H2,1-2H3,(H,29,32). The highest BCUT2D eigenvalue weighted by Gasteiger charge is 2.30. The highest BCUT2D eigenvalue weighted by Crippen LogP contribution is 2.33. The monoisotopic (exact) mass is 464 g/mol. The van der Waals surface area contributed by atoms with Crippen LogP contribution in [-0.4, -0.2) is 35.6 Å². The number of ether oxygens (including phenoxy) is 2. The molecule has 4 rings (SSSR count). The molecule has 0 spiro atoms. The van der Waals surface area contributed by atoms with Gasteiger partial charge in [-0.3, -0.25) is 9.59 Å². The minimum Gasteiger partial charge on any atom is -0.454 e. The van der Waals surface area contributed by atoms with E-state index in [0.717, 1.165) is 53.9 Å². The zero-order valence-electron chi connectivity index (χ0n) is 20.3. The molecule has 2 amide bonds. The van der Waals surface area contributed by atoms with E-state index in [-0.39, 0.29) is 24.6 Å². The number of aryl methyl sites for hydroxylation is 2. The number of amides is 2. The Kier molecular flexibility index (Phi) is 8.09. The van der Waals surface area contributed by atoms with Crippen LogP contribution in [0.25, 0.3) is 0 Å². The van der Waals surface area contributed by atoms with Crippen molar-refractivity contribution in [2.45, 2.75) is 83.8 Å². The van der Waals surface area contributed by atoms with E-state index >= 15 is 0 Å². The molecule has 1 heterocycles. The molecule has 1 aliphatic heterocycles. The van der Waals surface area contributed by atoms with Crippen molar-refractivity contribution >= 4 is 11.8 Å². The van der Waals surface area contributed by atoms with Gasteiger partial charge in [-0.1, -0.05) is 56.5 Å². The largest absolute Gasteiger partial charge is 0.454 e. The Morgan fingerprint density at radius 2 is 1.82 bits per heavy atom. The Morgan fingerprint density at radius 1 is 1.06 bits per heavy atom. The van der Waals surface area contributed by atoms with Gasteiger partial charge in [-0.15, -0.1) is 0 Å². The second-order valence-electron chi connectivity index (χ2n) is 9.40. The molecule has 1 N–H and O–H groups in total. The average molecular weight is 465 g/mol. The molecular formula is C28H36N2O4. The predicted molar refractivity (Wildman–Crippen MR) is 132 cm³/mol. The summed E-state index contributed by atoms with van der Waals surface area (Å²) in [4.78, 5) is 28.7. The average Bonchev–Trinajstić information content (AvgIpc) is 3.32. The molecule has 1 saturated carbocycles. The molecule has 1 atom stereocenters. The molecule has 182 valence electrons. The lowest BCUT2D eigenvalue weighted by atomic mass is 9.95. The van der Waals surface area contributed by atoms with Crippen molar-refractivity contribution in [1.82, 2.24) is 10.2 Å². The molecular weight excluding hydrogens is 428 g/mol. The minimum absolute atomic E-state index is 0.00781. The molecule has 1 aliphatic carbocycles. The number of rotatable bonds is 9. The lowest BCUT2D eigenvalue weighted by Gasteiger charge is -2.33. The van der Waals surface area contributed by atoms with Crippen LogP contribution >= 0.6 is 0 Å². The summed E-state index contributed by atoms with van der Waals surface area (Å²) in [6.07, 6.45) is 7.10. The third kappa shape index (κ3) is 5.91. The van der Waals surface area contributed by atoms with E-state index in [1.54, 1.807) is 4.90 Å². The van der Waals surface area contributed by atoms with E-state index < -0.39 is 6.04 Å². The molecule has 34 heavy (non-hydrogen) atoms.